The van der Waals surface area contributed by atoms with Gasteiger partial charge in [-0.25, -0.2) is 9.38 Å². The monoisotopic (exact) mass is 211 g/mol. The molecule has 0 unspecified atom stereocenters. The fraction of sp³-hybridized carbons (Fsp3) is 0.545. The molecular weight excluding hydrogens is 193 g/mol. The molecule has 3 nitrogen and oxygen atoms in total. The zero-order valence-corrected chi connectivity index (χ0v) is 9.12. The summed E-state index contributed by atoms with van der Waals surface area (Å²) in [5.41, 5.74) is 5.68. The fourth-order valence-electron chi connectivity index (χ4n) is 1.44. The predicted octanol–water partition coefficient (Wildman–Crippen LogP) is 1.82. The molecule has 1 aliphatic rings. The maximum absolute atomic E-state index is 12.8. The number of amidine groups is 1. The Morgan fingerprint density at radius 1 is 1.67 bits per heavy atom. The quantitative estimate of drug-likeness (QED) is 0.438. The maximum atomic E-state index is 12.8. The zero-order valence-electron chi connectivity index (χ0n) is 9.12. The van der Waals surface area contributed by atoms with Gasteiger partial charge >= 0.3 is 0 Å². The summed E-state index contributed by atoms with van der Waals surface area (Å²) < 4.78 is 12.8. The molecule has 0 aromatic carbocycles. The molecule has 0 atom stereocenters. The van der Waals surface area contributed by atoms with Gasteiger partial charge < -0.3 is 10.6 Å². The zero-order chi connectivity index (χ0) is 11.3. The Labute approximate surface area is 90.2 Å². The van der Waals surface area contributed by atoms with Crippen LogP contribution in [0.25, 0.3) is 0 Å². The van der Waals surface area contributed by atoms with Crippen LogP contribution < -0.4 is 5.73 Å². The number of rotatable bonds is 4. The minimum Gasteiger partial charge on any atom is -0.357 e. The Morgan fingerprint density at radius 3 is 2.80 bits per heavy atom. The third-order valence-corrected chi connectivity index (χ3v) is 2.28. The molecule has 0 saturated carbocycles. The summed E-state index contributed by atoms with van der Waals surface area (Å²) >= 11 is 0. The molecule has 84 valence electrons. The molecule has 2 N–H and O–H groups in total. The lowest BCUT2D eigenvalue weighted by Gasteiger charge is -2.39. The van der Waals surface area contributed by atoms with Crippen molar-refractivity contribution >= 4 is 5.84 Å². The van der Waals surface area contributed by atoms with E-state index in [2.05, 4.69) is 23.4 Å². The molecule has 1 heterocycles. The van der Waals surface area contributed by atoms with Gasteiger partial charge in [0, 0.05) is 25.6 Å². The van der Waals surface area contributed by atoms with E-state index < -0.39 is 5.83 Å². The summed E-state index contributed by atoms with van der Waals surface area (Å²) in [7, 11) is 0. The average molecular weight is 211 g/mol. The van der Waals surface area contributed by atoms with Gasteiger partial charge in [0.2, 0.25) is 0 Å². The number of aliphatic imine (C=N–C) groups is 1. The highest BCUT2D eigenvalue weighted by Gasteiger charge is 2.25. The number of likely N-dealkylation sites (tertiary alicyclic amines) is 1. The summed E-state index contributed by atoms with van der Waals surface area (Å²) in [6.45, 7) is 7.05. The molecule has 0 radical (unpaired) electrons. The number of hydrogen-bond donors (Lipinski definition) is 1. The van der Waals surface area contributed by atoms with E-state index in [4.69, 9.17) is 5.73 Å². The topological polar surface area (TPSA) is 41.6 Å². The minimum absolute atomic E-state index is 0.236. The van der Waals surface area contributed by atoms with E-state index in [-0.39, 0.29) is 6.04 Å². The van der Waals surface area contributed by atoms with Gasteiger partial charge in [-0.3, -0.25) is 0 Å². The predicted molar refractivity (Wildman–Crippen MR) is 61.3 cm³/mol. The highest BCUT2D eigenvalue weighted by molar-refractivity contribution is 5.83. The van der Waals surface area contributed by atoms with Crippen molar-refractivity contribution in [2.75, 3.05) is 13.1 Å². The molecular formula is C11H18FN3. The first-order valence-corrected chi connectivity index (χ1v) is 5.22. The average Bonchev–Trinajstić information content (AvgIpc) is 2.19. The van der Waals surface area contributed by atoms with Crippen LogP contribution in [0, 0.1) is 0 Å². The molecule has 0 aliphatic carbocycles. The Morgan fingerprint density at radius 2 is 2.33 bits per heavy atom. The Bertz CT molecular complexity index is 278. The molecule has 1 saturated heterocycles. The third-order valence-electron chi connectivity index (χ3n) is 2.28. The summed E-state index contributed by atoms with van der Waals surface area (Å²) in [5.74, 6) is 0.504. The van der Waals surface area contributed by atoms with Crippen LogP contribution in [-0.4, -0.2) is 29.9 Å². The molecule has 0 aromatic heterocycles. The van der Waals surface area contributed by atoms with E-state index in [1.54, 1.807) is 0 Å². The van der Waals surface area contributed by atoms with Crippen LogP contribution in [0.2, 0.25) is 0 Å². The van der Waals surface area contributed by atoms with Crippen LogP contribution >= 0.6 is 0 Å². The largest absolute Gasteiger partial charge is 0.357 e. The molecule has 0 aromatic rings. The Kier molecular flexibility index (Phi) is 4.49. The minimum atomic E-state index is -0.409. The van der Waals surface area contributed by atoms with Gasteiger partial charge in [-0.2, -0.15) is 0 Å². The standard InChI is InChI=1S/C11H18FN3/c1-3-5-11(14-6-9(12)4-2)15-7-10(13)8-15/h4,6,10H,2-3,5,7-8,13H2,1H3/b9-6+,14-11?. The van der Waals surface area contributed by atoms with E-state index in [0.717, 1.165) is 37.8 Å². The van der Waals surface area contributed by atoms with Gasteiger partial charge in [0.25, 0.3) is 0 Å². The van der Waals surface area contributed by atoms with Gasteiger partial charge in [-0.15, -0.1) is 0 Å². The Hall–Kier alpha value is -1.16. The van der Waals surface area contributed by atoms with Crippen molar-refractivity contribution < 1.29 is 4.39 Å². The van der Waals surface area contributed by atoms with Crippen LogP contribution in [0.15, 0.2) is 29.7 Å². The number of halogens is 1. The van der Waals surface area contributed by atoms with Crippen molar-refractivity contribution in [3.05, 3.63) is 24.7 Å². The van der Waals surface area contributed by atoms with Gasteiger partial charge in [0.1, 0.15) is 11.7 Å². The summed E-state index contributed by atoms with van der Waals surface area (Å²) in [4.78, 5) is 6.20. The van der Waals surface area contributed by atoms with Crippen molar-refractivity contribution in [1.82, 2.24) is 4.90 Å². The van der Waals surface area contributed by atoms with Crippen molar-refractivity contribution in [3.8, 4) is 0 Å². The second-order valence-electron chi connectivity index (χ2n) is 3.68. The SMILES string of the molecule is C=C/C(F)=C\N=C(CCC)N1CC(N)C1. The first-order valence-electron chi connectivity index (χ1n) is 5.22. The lowest BCUT2D eigenvalue weighted by atomic mass is 10.1. The maximum Gasteiger partial charge on any atom is 0.140 e. The van der Waals surface area contributed by atoms with Crippen LogP contribution in [0.3, 0.4) is 0 Å². The fourth-order valence-corrected chi connectivity index (χ4v) is 1.44. The summed E-state index contributed by atoms with van der Waals surface area (Å²) in [6.07, 6.45) is 4.21. The van der Waals surface area contributed by atoms with E-state index >= 15 is 0 Å². The summed E-state index contributed by atoms with van der Waals surface area (Å²) in [5, 5.41) is 0. The number of nitrogens with zero attached hydrogens (tertiary/aromatic N) is 2. The molecule has 0 amide bonds. The number of allylic oxidation sites excluding steroid dienone is 2. The smallest absolute Gasteiger partial charge is 0.140 e. The first kappa shape index (κ1) is 11.9. The van der Waals surface area contributed by atoms with E-state index in [1.807, 2.05) is 0 Å². The van der Waals surface area contributed by atoms with Gasteiger partial charge in [-0.05, 0) is 12.5 Å². The number of hydrogen-bond acceptors (Lipinski definition) is 2. The van der Waals surface area contributed by atoms with E-state index in [1.165, 1.54) is 6.20 Å². The van der Waals surface area contributed by atoms with Crippen molar-refractivity contribution in [1.29, 1.82) is 0 Å². The van der Waals surface area contributed by atoms with Gasteiger partial charge in [0.15, 0.2) is 0 Å². The molecule has 4 heteroatoms. The van der Waals surface area contributed by atoms with E-state index in [0.29, 0.717) is 0 Å². The first-order chi connectivity index (χ1) is 7.17. The molecule has 1 aliphatic heterocycles. The summed E-state index contributed by atoms with van der Waals surface area (Å²) in [6, 6.07) is 0.236. The van der Waals surface area contributed by atoms with Crippen LogP contribution in [0.5, 0.6) is 0 Å². The van der Waals surface area contributed by atoms with Crippen LogP contribution in [0.1, 0.15) is 19.8 Å². The van der Waals surface area contributed by atoms with Crippen molar-refractivity contribution in [2.24, 2.45) is 10.7 Å². The van der Waals surface area contributed by atoms with Crippen molar-refractivity contribution in [3.63, 3.8) is 0 Å². The second-order valence-corrected chi connectivity index (χ2v) is 3.68. The molecule has 1 fully saturated rings. The molecule has 15 heavy (non-hydrogen) atoms. The highest BCUT2D eigenvalue weighted by atomic mass is 19.1. The van der Waals surface area contributed by atoms with Crippen LogP contribution in [0.4, 0.5) is 4.39 Å². The molecule has 0 bridgehead atoms. The van der Waals surface area contributed by atoms with Crippen LogP contribution in [-0.2, 0) is 0 Å². The van der Waals surface area contributed by atoms with Gasteiger partial charge in [0.05, 0.1) is 6.20 Å². The lowest BCUT2D eigenvalue weighted by Crippen LogP contribution is -2.57. The normalized spacial score (nSPS) is 19.0. The highest BCUT2D eigenvalue weighted by Crippen LogP contribution is 2.11. The van der Waals surface area contributed by atoms with Crippen molar-refractivity contribution in [2.45, 2.75) is 25.8 Å². The second kappa shape index (κ2) is 5.66. The van der Waals surface area contributed by atoms with Gasteiger partial charge in [-0.1, -0.05) is 13.5 Å². The lowest BCUT2D eigenvalue weighted by molar-refractivity contribution is 0.249. The molecule has 1 rings (SSSR count). The third kappa shape index (κ3) is 3.47. The Balaban J connectivity index is 2.60. The molecule has 0 spiro atoms. The number of nitrogens with two attached hydrogens (primary N) is 1. The van der Waals surface area contributed by atoms with E-state index in [9.17, 15) is 4.39 Å².